The van der Waals surface area contributed by atoms with Crippen molar-refractivity contribution < 1.29 is 38.9 Å². The van der Waals surface area contributed by atoms with E-state index in [1.165, 1.54) is 18.2 Å². The minimum absolute atomic E-state index is 0.175. The molecule has 0 bridgehead atoms. The second-order valence-corrected chi connectivity index (χ2v) is 23.1. The molecule has 37 heavy (non-hydrogen) atoms. The Morgan fingerprint density at radius 3 is 1.16 bits per heavy atom. The maximum Gasteiger partial charge on any atom is 0.478 e. The zero-order chi connectivity index (χ0) is 27.1. The van der Waals surface area contributed by atoms with Gasteiger partial charge in [-0.1, -0.05) is 91.0 Å². The van der Waals surface area contributed by atoms with E-state index >= 15 is 0 Å². The molecule has 0 aliphatic heterocycles. The molecule has 0 aromatic heterocycles. The minimum Gasteiger partial charge on any atom is -0.255 e. The fraction of sp³-hybridized carbons (Fsp3) is 0. The summed E-state index contributed by atoms with van der Waals surface area (Å²) in [4.78, 5) is -6.28. The molecule has 0 unspecified atom stereocenters. The van der Waals surface area contributed by atoms with Gasteiger partial charge in [0.05, 0.1) is 0 Å². The molecule has 4 rings (SSSR count). The second-order valence-electron chi connectivity index (χ2n) is 7.82. The zero-order valence-corrected chi connectivity index (χ0v) is 22.1. The lowest BCUT2D eigenvalue weighted by Gasteiger charge is -2.23. The lowest BCUT2D eigenvalue weighted by molar-refractivity contribution is 0.492. The number of rotatable bonds is 7. The maximum absolute atomic E-state index is 12.7. The van der Waals surface area contributed by atoms with Crippen LogP contribution in [0.25, 0.3) is 33.4 Å². The van der Waals surface area contributed by atoms with E-state index in [9.17, 15) is 38.9 Å². The lowest BCUT2D eigenvalue weighted by Crippen LogP contribution is -2.33. The lowest BCUT2D eigenvalue weighted by atomic mass is 9.87. The van der Waals surface area contributed by atoms with Crippen LogP contribution >= 0.6 is 4.87 Å². The van der Waals surface area contributed by atoms with Crippen molar-refractivity contribution in [2.24, 2.45) is 0 Å². The molecule has 13 heteroatoms. The van der Waals surface area contributed by atoms with E-state index in [0.29, 0.717) is 16.7 Å². The van der Waals surface area contributed by atoms with Gasteiger partial charge in [-0.3, -0.25) is 13.7 Å². The Bertz CT molecular complexity index is 1700. The van der Waals surface area contributed by atoms with Gasteiger partial charge >= 0.3 is 34.1 Å². The molecule has 4 aromatic rings. The van der Waals surface area contributed by atoms with Crippen molar-refractivity contribution in [3.63, 3.8) is 0 Å². The summed E-state index contributed by atoms with van der Waals surface area (Å²) in [6.07, 6.45) is 0. The molecule has 3 N–H and O–H groups in total. The van der Waals surface area contributed by atoms with Gasteiger partial charge in [0.2, 0.25) is 0 Å². The van der Waals surface area contributed by atoms with Crippen molar-refractivity contribution in [2.45, 2.75) is 0 Å². The standard InChI is InChI=1S/C24H19O9PS3/c25-35(26,27)34(36(28,29)30,37(31,32)33)22-17-16-21(18-10-4-1-5-11-18)23(19-12-6-2-7-13-19)24(22)20-14-8-3-9-15-20/h1-17H,(H2-,25,26,27,28,29,30,31,32,33)/p+1. The third kappa shape index (κ3) is 4.62. The summed E-state index contributed by atoms with van der Waals surface area (Å²) in [7, 11) is -18.5. The first kappa shape index (κ1) is 27.1. The summed E-state index contributed by atoms with van der Waals surface area (Å²) in [5, 5.41) is -0.968. The molecular formula is C24H20O9PS3+. The third-order valence-electron chi connectivity index (χ3n) is 5.60. The average Bonchev–Trinajstić information content (AvgIpc) is 2.83. The van der Waals surface area contributed by atoms with Gasteiger partial charge < -0.3 is 0 Å². The maximum atomic E-state index is 12.7. The van der Waals surface area contributed by atoms with E-state index in [0.717, 1.165) is 6.07 Å². The Morgan fingerprint density at radius 2 is 0.784 bits per heavy atom. The Balaban J connectivity index is 2.37. The van der Waals surface area contributed by atoms with Crippen molar-refractivity contribution in [3.05, 3.63) is 103 Å². The first-order chi connectivity index (χ1) is 17.3. The van der Waals surface area contributed by atoms with Crippen molar-refractivity contribution >= 4 is 39.4 Å². The van der Waals surface area contributed by atoms with Crippen LogP contribution in [0.4, 0.5) is 0 Å². The molecule has 0 heterocycles. The average molecular weight is 580 g/mol. The van der Waals surface area contributed by atoms with Crippen molar-refractivity contribution in [2.75, 3.05) is 0 Å². The van der Waals surface area contributed by atoms with Gasteiger partial charge in [0, 0.05) is 11.1 Å². The van der Waals surface area contributed by atoms with Crippen molar-refractivity contribution in [1.82, 2.24) is 0 Å². The quantitative estimate of drug-likeness (QED) is 0.207. The van der Waals surface area contributed by atoms with Crippen molar-refractivity contribution in [1.29, 1.82) is 0 Å². The molecule has 0 saturated carbocycles. The Kier molecular flexibility index (Phi) is 7.12. The van der Waals surface area contributed by atoms with Crippen LogP contribution in [0.1, 0.15) is 0 Å². The fourth-order valence-electron chi connectivity index (χ4n) is 4.21. The minimum atomic E-state index is -6.28. The fourth-order valence-corrected chi connectivity index (χ4v) is 18.6. The van der Waals surface area contributed by atoms with Crippen LogP contribution in [-0.4, -0.2) is 38.9 Å². The predicted molar refractivity (Wildman–Crippen MR) is 144 cm³/mol. The topological polar surface area (TPSA) is 163 Å². The van der Waals surface area contributed by atoms with Crippen LogP contribution in [0.5, 0.6) is 0 Å². The molecule has 0 radical (unpaired) electrons. The van der Waals surface area contributed by atoms with Crippen LogP contribution in [0.3, 0.4) is 0 Å². The summed E-state index contributed by atoms with van der Waals surface area (Å²) in [6, 6.07) is 26.9. The Hall–Kier alpha value is -2.96. The first-order valence-electron chi connectivity index (χ1n) is 10.5. The molecule has 0 aliphatic carbocycles. The third-order valence-corrected chi connectivity index (χ3v) is 25.8. The largest absolute Gasteiger partial charge is 0.478 e. The molecule has 4 aromatic carbocycles. The van der Waals surface area contributed by atoms with Gasteiger partial charge in [-0.25, -0.2) is 0 Å². The van der Waals surface area contributed by atoms with E-state index in [1.54, 1.807) is 78.9 Å². The monoisotopic (exact) mass is 579 g/mol. The van der Waals surface area contributed by atoms with Gasteiger partial charge in [0.25, 0.3) is 0 Å². The number of hydrogen-bond acceptors (Lipinski definition) is 6. The molecule has 0 fully saturated rings. The highest BCUT2D eigenvalue weighted by atomic mass is 33.4. The molecule has 0 atom stereocenters. The van der Waals surface area contributed by atoms with Crippen LogP contribution < -0.4 is 5.30 Å². The Morgan fingerprint density at radius 1 is 0.432 bits per heavy atom. The molecule has 0 aliphatic rings. The van der Waals surface area contributed by atoms with E-state index in [4.69, 9.17) is 0 Å². The SMILES string of the molecule is O=S(=O)(O)[P+](c1ccc(-c2ccccc2)c(-c2ccccc2)c1-c1ccccc1)(S(=O)(=O)O)S(=O)(=O)O. The summed E-state index contributed by atoms with van der Waals surface area (Å²) < 4.78 is 106. The Labute approximate surface area is 214 Å². The highest BCUT2D eigenvalue weighted by Crippen LogP contribution is 2.73. The summed E-state index contributed by atoms with van der Waals surface area (Å²) >= 11 is 0. The van der Waals surface area contributed by atoms with E-state index < -0.39 is 39.4 Å². The molecular weight excluding hydrogens is 559 g/mol. The number of benzene rings is 4. The van der Waals surface area contributed by atoms with Gasteiger partial charge in [0.15, 0.2) is 5.30 Å². The number of hydrogen-bond donors (Lipinski definition) is 3. The van der Waals surface area contributed by atoms with E-state index in [2.05, 4.69) is 0 Å². The predicted octanol–water partition coefficient (Wildman–Crippen LogP) is 4.74. The molecule has 9 nitrogen and oxygen atoms in total. The van der Waals surface area contributed by atoms with Crippen molar-refractivity contribution in [3.8, 4) is 33.4 Å². The van der Waals surface area contributed by atoms with Crippen LogP contribution in [-0.2, 0) is 29.2 Å². The highest BCUT2D eigenvalue weighted by molar-refractivity contribution is 9.12. The summed E-state index contributed by atoms with van der Waals surface area (Å²) in [6.45, 7) is 0. The van der Waals surface area contributed by atoms with Gasteiger partial charge in [-0.15, -0.1) is 0 Å². The highest BCUT2D eigenvalue weighted by Gasteiger charge is 2.78. The van der Waals surface area contributed by atoms with Gasteiger partial charge in [-0.2, -0.15) is 25.3 Å². The first-order valence-corrected chi connectivity index (χ1v) is 18.4. The summed E-state index contributed by atoms with van der Waals surface area (Å²) in [5.74, 6) is 0. The molecule has 0 amide bonds. The molecule has 0 saturated heterocycles. The van der Waals surface area contributed by atoms with Gasteiger partial charge in [0.1, 0.15) is 0 Å². The van der Waals surface area contributed by atoms with Crippen LogP contribution in [0.2, 0.25) is 0 Å². The molecule has 0 spiro atoms. The second kappa shape index (κ2) is 9.73. The van der Waals surface area contributed by atoms with Crippen LogP contribution in [0, 0.1) is 0 Å². The smallest absolute Gasteiger partial charge is 0.255 e. The summed E-state index contributed by atoms with van der Waals surface area (Å²) in [5.41, 5.74) is 1.72. The van der Waals surface area contributed by atoms with E-state index in [-0.39, 0.29) is 16.7 Å². The van der Waals surface area contributed by atoms with Gasteiger partial charge in [-0.05, 0) is 34.4 Å². The zero-order valence-electron chi connectivity index (χ0n) is 18.8. The van der Waals surface area contributed by atoms with Crippen LogP contribution in [0.15, 0.2) is 103 Å². The molecule has 192 valence electrons. The van der Waals surface area contributed by atoms with E-state index in [1.807, 2.05) is 0 Å². The normalized spacial score (nSPS) is 12.8.